The number of rotatable bonds is 6. The lowest BCUT2D eigenvalue weighted by molar-refractivity contribution is -0.137. The highest BCUT2D eigenvalue weighted by atomic mass is 35.5. The maximum Gasteiger partial charge on any atom is 0.417 e. The number of aromatic nitrogens is 4. The summed E-state index contributed by atoms with van der Waals surface area (Å²) >= 11 is 6.86. The molecule has 0 saturated carbocycles. The zero-order chi connectivity index (χ0) is 19.4. The second-order valence-electron chi connectivity index (χ2n) is 5.21. The van der Waals surface area contributed by atoms with E-state index in [1.807, 2.05) is 0 Å². The van der Waals surface area contributed by atoms with E-state index in [1.54, 1.807) is 23.0 Å². The largest absolute Gasteiger partial charge is 0.467 e. The molecule has 0 aromatic carbocycles. The molecule has 0 spiro atoms. The van der Waals surface area contributed by atoms with Gasteiger partial charge in [0.1, 0.15) is 12.1 Å². The topological polar surface area (TPSA) is 85.8 Å². The van der Waals surface area contributed by atoms with Crippen LogP contribution in [0.25, 0.3) is 0 Å². The van der Waals surface area contributed by atoms with Gasteiger partial charge in [0.05, 0.1) is 29.1 Å². The molecule has 0 radical (unpaired) electrons. The lowest BCUT2D eigenvalue weighted by Crippen LogP contribution is -2.16. The summed E-state index contributed by atoms with van der Waals surface area (Å²) in [5, 5.41) is 10.3. The van der Waals surface area contributed by atoms with Gasteiger partial charge in [0.15, 0.2) is 11.0 Å². The number of nitrogens with one attached hydrogen (secondary N) is 1. The summed E-state index contributed by atoms with van der Waals surface area (Å²) in [6.45, 7) is 0.399. The van der Waals surface area contributed by atoms with Crippen molar-refractivity contribution in [1.82, 2.24) is 19.7 Å². The van der Waals surface area contributed by atoms with Crippen molar-refractivity contribution in [2.24, 2.45) is 0 Å². The number of thioether (sulfide) groups is 1. The van der Waals surface area contributed by atoms with E-state index in [2.05, 4.69) is 20.5 Å². The molecule has 0 bridgehead atoms. The number of carbonyl (C=O) groups is 1. The average Bonchev–Trinajstić information content (AvgIpc) is 3.26. The first-order valence-corrected chi connectivity index (χ1v) is 8.75. The Morgan fingerprint density at radius 3 is 2.89 bits per heavy atom. The molecule has 3 heterocycles. The molecule has 0 aliphatic carbocycles. The fourth-order valence-electron chi connectivity index (χ4n) is 2.02. The molecular weight excluding hydrogens is 407 g/mol. The van der Waals surface area contributed by atoms with Crippen molar-refractivity contribution in [1.29, 1.82) is 0 Å². The van der Waals surface area contributed by atoms with Crippen molar-refractivity contribution in [3.63, 3.8) is 0 Å². The first kappa shape index (κ1) is 19.2. The molecule has 0 atom stereocenters. The van der Waals surface area contributed by atoms with E-state index in [9.17, 15) is 18.0 Å². The Morgan fingerprint density at radius 2 is 2.22 bits per heavy atom. The molecule has 0 aliphatic rings. The number of nitrogens with zero attached hydrogens (tertiary/aromatic N) is 4. The second-order valence-corrected chi connectivity index (χ2v) is 6.56. The Hall–Kier alpha value is -2.53. The van der Waals surface area contributed by atoms with Gasteiger partial charge in [0.2, 0.25) is 5.91 Å². The summed E-state index contributed by atoms with van der Waals surface area (Å²) in [6, 6.07) is 4.25. The van der Waals surface area contributed by atoms with Crippen LogP contribution in [0, 0.1) is 0 Å². The SMILES string of the molecule is O=C(CSc1nncn1Cc1ccco1)Nc1ncc(C(F)(F)F)cc1Cl. The molecule has 0 saturated heterocycles. The monoisotopic (exact) mass is 417 g/mol. The summed E-state index contributed by atoms with van der Waals surface area (Å²) in [6.07, 6.45) is -0.917. The summed E-state index contributed by atoms with van der Waals surface area (Å²) in [7, 11) is 0. The molecule has 12 heteroatoms. The number of furan rings is 1. The maximum atomic E-state index is 12.6. The lowest BCUT2D eigenvalue weighted by Gasteiger charge is -2.10. The number of halogens is 4. The second kappa shape index (κ2) is 8.01. The number of hydrogen-bond acceptors (Lipinski definition) is 6. The highest BCUT2D eigenvalue weighted by Crippen LogP contribution is 2.32. The third kappa shape index (κ3) is 5.01. The van der Waals surface area contributed by atoms with Crippen LogP contribution in [0.15, 0.2) is 46.6 Å². The van der Waals surface area contributed by atoms with Gasteiger partial charge >= 0.3 is 6.18 Å². The van der Waals surface area contributed by atoms with Gasteiger partial charge < -0.3 is 14.3 Å². The zero-order valence-corrected chi connectivity index (χ0v) is 15.0. The molecule has 0 fully saturated rings. The Morgan fingerprint density at radius 1 is 1.41 bits per heavy atom. The minimum absolute atomic E-state index is 0.0596. The number of anilines is 1. The quantitative estimate of drug-likeness (QED) is 0.615. The van der Waals surface area contributed by atoms with Gasteiger partial charge in [-0.05, 0) is 18.2 Å². The third-order valence-corrected chi connectivity index (χ3v) is 4.51. The van der Waals surface area contributed by atoms with E-state index in [1.165, 1.54) is 6.33 Å². The van der Waals surface area contributed by atoms with Crippen molar-refractivity contribution in [3.8, 4) is 0 Å². The fraction of sp³-hybridized carbons (Fsp3) is 0.200. The van der Waals surface area contributed by atoms with Crippen LogP contribution in [-0.4, -0.2) is 31.4 Å². The third-order valence-electron chi connectivity index (χ3n) is 3.24. The summed E-state index contributed by atoms with van der Waals surface area (Å²) < 4.78 is 44.7. The van der Waals surface area contributed by atoms with Crippen LogP contribution in [0.3, 0.4) is 0 Å². The van der Waals surface area contributed by atoms with Crippen LogP contribution in [0.4, 0.5) is 19.0 Å². The molecular formula is C15H11ClF3N5O2S. The number of hydrogen-bond donors (Lipinski definition) is 1. The van der Waals surface area contributed by atoms with E-state index in [0.717, 1.165) is 11.8 Å². The normalized spacial score (nSPS) is 11.6. The number of carbonyl (C=O) groups excluding carboxylic acids is 1. The van der Waals surface area contributed by atoms with Crippen molar-refractivity contribution < 1.29 is 22.4 Å². The maximum absolute atomic E-state index is 12.6. The first-order valence-electron chi connectivity index (χ1n) is 7.38. The Kier molecular flexibility index (Phi) is 5.71. The van der Waals surface area contributed by atoms with E-state index >= 15 is 0 Å². The average molecular weight is 418 g/mol. The van der Waals surface area contributed by atoms with Crippen molar-refractivity contribution in [2.75, 3.05) is 11.1 Å². The van der Waals surface area contributed by atoms with Gasteiger partial charge in [-0.15, -0.1) is 10.2 Å². The van der Waals surface area contributed by atoms with E-state index in [-0.39, 0.29) is 16.6 Å². The van der Waals surface area contributed by atoms with Crippen LogP contribution in [0.2, 0.25) is 5.02 Å². The smallest absolute Gasteiger partial charge is 0.417 e. The molecule has 0 aliphatic heterocycles. The minimum atomic E-state index is -4.56. The van der Waals surface area contributed by atoms with Crippen molar-refractivity contribution in [3.05, 3.63) is 53.3 Å². The molecule has 3 aromatic heterocycles. The standard InChI is InChI=1S/C15H11ClF3N5O2S/c16-11-4-9(15(17,18)19)5-20-13(11)22-12(25)7-27-14-23-21-8-24(14)6-10-2-1-3-26-10/h1-5,8H,6-7H2,(H,20,22,25). The van der Waals surface area contributed by atoms with Gasteiger partial charge in [-0.3, -0.25) is 4.79 Å². The van der Waals surface area contributed by atoms with Gasteiger partial charge in [0.25, 0.3) is 0 Å². The van der Waals surface area contributed by atoms with Gasteiger partial charge in [-0.2, -0.15) is 13.2 Å². The highest BCUT2D eigenvalue weighted by molar-refractivity contribution is 7.99. The molecule has 0 unspecified atom stereocenters. The van der Waals surface area contributed by atoms with Crippen LogP contribution < -0.4 is 5.32 Å². The molecule has 27 heavy (non-hydrogen) atoms. The zero-order valence-electron chi connectivity index (χ0n) is 13.4. The minimum Gasteiger partial charge on any atom is -0.467 e. The predicted molar refractivity (Wildman–Crippen MR) is 91.4 cm³/mol. The van der Waals surface area contributed by atoms with Crippen LogP contribution >= 0.6 is 23.4 Å². The molecule has 142 valence electrons. The Balaban J connectivity index is 1.59. The van der Waals surface area contributed by atoms with Crippen molar-refractivity contribution in [2.45, 2.75) is 17.9 Å². The fourth-order valence-corrected chi connectivity index (χ4v) is 2.95. The Labute approximate surface area is 159 Å². The number of pyridine rings is 1. The van der Waals surface area contributed by atoms with Crippen molar-refractivity contribution >= 4 is 35.1 Å². The van der Waals surface area contributed by atoms with Gasteiger partial charge in [-0.1, -0.05) is 23.4 Å². The molecule has 3 rings (SSSR count). The molecule has 1 N–H and O–H groups in total. The van der Waals surface area contributed by atoms with E-state index in [4.69, 9.17) is 16.0 Å². The lowest BCUT2D eigenvalue weighted by atomic mass is 10.3. The van der Waals surface area contributed by atoms with E-state index in [0.29, 0.717) is 29.7 Å². The molecule has 3 aromatic rings. The van der Waals surface area contributed by atoms with Gasteiger partial charge in [0, 0.05) is 6.20 Å². The van der Waals surface area contributed by atoms with Crippen LogP contribution in [0.1, 0.15) is 11.3 Å². The van der Waals surface area contributed by atoms with E-state index < -0.39 is 17.6 Å². The Bertz CT molecular complexity index is 930. The van der Waals surface area contributed by atoms with Crippen LogP contribution in [0.5, 0.6) is 0 Å². The van der Waals surface area contributed by atoms with Gasteiger partial charge in [-0.25, -0.2) is 4.98 Å². The molecule has 1 amide bonds. The number of alkyl halides is 3. The number of amides is 1. The summed E-state index contributed by atoms with van der Waals surface area (Å²) in [5.41, 5.74) is -0.995. The summed E-state index contributed by atoms with van der Waals surface area (Å²) in [4.78, 5) is 15.6. The van der Waals surface area contributed by atoms with Crippen LogP contribution in [-0.2, 0) is 17.5 Å². The first-order chi connectivity index (χ1) is 12.8. The summed E-state index contributed by atoms with van der Waals surface area (Å²) in [5.74, 6) is -0.00792. The predicted octanol–water partition coefficient (Wildman–Crippen LogP) is 3.72. The molecule has 7 nitrogen and oxygen atoms in total. The highest BCUT2D eigenvalue weighted by Gasteiger charge is 2.31.